The number of anilines is 1. The first-order chi connectivity index (χ1) is 12.4. The van der Waals surface area contributed by atoms with Gasteiger partial charge in [0.15, 0.2) is 0 Å². The van der Waals surface area contributed by atoms with E-state index < -0.39 is 0 Å². The molecule has 2 heteroatoms. The number of nitrogens with one attached hydrogen (secondary N) is 1. The van der Waals surface area contributed by atoms with E-state index in [0.717, 1.165) is 12.1 Å². The van der Waals surface area contributed by atoms with Crippen LogP contribution in [-0.4, -0.2) is 4.98 Å². The Balaban J connectivity index is 2.03. The Kier molecular flexibility index (Phi) is 5.13. The van der Waals surface area contributed by atoms with E-state index in [1.54, 1.807) is 0 Å². The maximum Gasteiger partial charge on any atom is 0.0807 e. The van der Waals surface area contributed by atoms with Crippen molar-refractivity contribution in [2.75, 3.05) is 5.32 Å². The minimum Gasteiger partial charge on any atom is -0.374 e. The van der Waals surface area contributed by atoms with Gasteiger partial charge in [-0.2, -0.15) is 0 Å². The summed E-state index contributed by atoms with van der Waals surface area (Å²) in [6.45, 7) is 9.00. The smallest absolute Gasteiger partial charge is 0.0807 e. The molecule has 0 bridgehead atoms. The van der Waals surface area contributed by atoms with Crippen molar-refractivity contribution in [1.82, 2.24) is 4.98 Å². The van der Waals surface area contributed by atoms with Crippen molar-refractivity contribution in [3.05, 3.63) is 95.8 Å². The predicted octanol–water partition coefficient (Wildman–Crippen LogP) is 5.95. The van der Waals surface area contributed by atoms with Crippen molar-refractivity contribution < 1.29 is 0 Å². The first-order valence-electron chi connectivity index (χ1n) is 9.22. The topological polar surface area (TPSA) is 24.9 Å². The zero-order valence-electron chi connectivity index (χ0n) is 16.2. The van der Waals surface area contributed by atoms with Crippen LogP contribution in [-0.2, 0) is 17.4 Å². The summed E-state index contributed by atoms with van der Waals surface area (Å²) in [4.78, 5) is 4.67. The van der Waals surface area contributed by atoms with Gasteiger partial charge in [0.1, 0.15) is 0 Å². The highest BCUT2D eigenvalue weighted by atomic mass is 15.0. The second kappa shape index (κ2) is 7.33. The van der Waals surface area contributed by atoms with Crippen molar-refractivity contribution in [3.8, 4) is 0 Å². The monoisotopic (exact) mass is 344 g/mol. The molecule has 0 amide bonds. The van der Waals surface area contributed by atoms with Gasteiger partial charge in [0, 0.05) is 18.3 Å². The minimum atomic E-state index is -0.302. The fourth-order valence-electron chi connectivity index (χ4n) is 3.44. The van der Waals surface area contributed by atoms with E-state index in [9.17, 15) is 0 Å². The van der Waals surface area contributed by atoms with Crippen LogP contribution < -0.4 is 5.32 Å². The van der Waals surface area contributed by atoms with Crippen molar-refractivity contribution in [2.45, 2.75) is 45.1 Å². The first kappa shape index (κ1) is 18.2. The summed E-state index contributed by atoms with van der Waals surface area (Å²) >= 11 is 0. The van der Waals surface area contributed by atoms with E-state index >= 15 is 0 Å². The van der Waals surface area contributed by atoms with Gasteiger partial charge in [-0.1, -0.05) is 75.4 Å². The van der Waals surface area contributed by atoms with Gasteiger partial charge in [-0.15, -0.1) is 0 Å². The average molecular weight is 345 g/mol. The third-order valence-corrected chi connectivity index (χ3v) is 4.78. The lowest BCUT2D eigenvalue weighted by molar-refractivity contribution is 0.517. The number of para-hydroxylation sites is 1. The summed E-state index contributed by atoms with van der Waals surface area (Å²) in [5.41, 5.74) is 4.60. The van der Waals surface area contributed by atoms with Crippen molar-refractivity contribution in [2.24, 2.45) is 0 Å². The quantitative estimate of drug-likeness (QED) is 0.618. The predicted molar refractivity (Wildman–Crippen MR) is 110 cm³/mol. The molecule has 0 fully saturated rings. The molecule has 134 valence electrons. The van der Waals surface area contributed by atoms with Crippen LogP contribution in [0, 0.1) is 0 Å². The fraction of sp³-hybridized carbons (Fsp3) is 0.292. The second-order valence-electron chi connectivity index (χ2n) is 8.13. The van der Waals surface area contributed by atoms with Crippen molar-refractivity contribution in [3.63, 3.8) is 0 Å². The van der Waals surface area contributed by atoms with E-state index in [1.807, 2.05) is 12.3 Å². The largest absolute Gasteiger partial charge is 0.374 e. The lowest BCUT2D eigenvalue weighted by atomic mass is 9.83. The Hall–Kier alpha value is -2.61. The van der Waals surface area contributed by atoms with Crippen LogP contribution in [0.15, 0.2) is 79.0 Å². The average Bonchev–Trinajstić information content (AvgIpc) is 2.63. The van der Waals surface area contributed by atoms with E-state index in [4.69, 9.17) is 0 Å². The second-order valence-corrected chi connectivity index (χ2v) is 8.13. The van der Waals surface area contributed by atoms with Gasteiger partial charge in [0.2, 0.25) is 0 Å². The van der Waals surface area contributed by atoms with Crippen LogP contribution in [0.1, 0.15) is 44.5 Å². The molecule has 0 saturated carbocycles. The highest BCUT2D eigenvalue weighted by Crippen LogP contribution is 2.35. The number of pyridine rings is 1. The summed E-state index contributed by atoms with van der Waals surface area (Å²) < 4.78 is 0. The molecule has 1 N–H and O–H groups in total. The lowest BCUT2D eigenvalue weighted by Gasteiger charge is -2.34. The maximum absolute atomic E-state index is 4.67. The van der Waals surface area contributed by atoms with Crippen LogP contribution >= 0.6 is 0 Å². The minimum absolute atomic E-state index is 0.0708. The molecule has 26 heavy (non-hydrogen) atoms. The third kappa shape index (κ3) is 4.13. The van der Waals surface area contributed by atoms with E-state index in [0.29, 0.717) is 0 Å². The molecular weight excluding hydrogens is 316 g/mol. The van der Waals surface area contributed by atoms with Gasteiger partial charge in [-0.25, -0.2) is 0 Å². The molecule has 0 radical (unpaired) electrons. The van der Waals surface area contributed by atoms with Crippen LogP contribution in [0.4, 0.5) is 5.69 Å². The summed E-state index contributed by atoms with van der Waals surface area (Å²) in [5.74, 6) is 0. The van der Waals surface area contributed by atoms with Gasteiger partial charge < -0.3 is 5.32 Å². The van der Waals surface area contributed by atoms with E-state index in [2.05, 4.69) is 105 Å². The van der Waals surface area contributed by atoms with E-state index in [1.165, 1.54) is 16.8 Å². The molecule has 0 aliphatic heterocycles. The number of rotatable bonds is 5. The summed E-state index contributed by atoms with van der Waals surface area (Å²) in [5, 5.41) is 3.83. The fourth-order valence-corrected chi connectivity index (χ4v) is 3.44. The van der Waals surface area contributed by atoms with Gasteiger partial charge in [0.25, 0.3) is 0 Å². The number of nitrogens with zero attached hydrogens (tertiary/aromatic N) is 1. The van der Waals surface area contributed by atoms with Crippen molar-refractivity contribution in [1.29, 1.82) is 0 Å². The molecule has 1 unspecified atom stereocenters. The normalized spacial score (nSPS) is 13.8. The van der Waals surface area contributed by atoms with Gasteiger partial charge in [0.05, 0.1) is 11.2 Å². The number of aromatic nitrogens is 1. The van der Waals surface area contributed by atoms with Gasteiger partial charge in [-0.3, -0.25) is 4.98 Å². The van der Waals surface area contributed by atoms with Crippen LogP contribution in [0.3, 0.4) is 0 Å². The van der Waals surface area contributed by atoms with Crippen LogP contribution in [0.25, 0.3) is 0 Å². The molecule has 2 aromatic carbocycles. The molecular formula is C24H28N2. The Bertz CT molecular complexity index is 835. The molecule has 0 spiro atoms. The molecule has 2 nitrogen and oxygen atoms in total. The number of benzene rings is 2. The number of hydrogen-bond acceptors (Lipinski definition) is 2. The Morgan fingerprint density at radius 2 is 1.42 bits per heavy atom. The Labute approximate surface area is 157 Å². The van der Waals surface area contributed by atoms with Crippen molar-refractivity contribution >= 4 is 5.69 Å². The van der Waals surface area contributed by atoms with E-state index in [-0.39, 0.29) is 11.0 Å². The molecule has 3 aromatic rings. The standard InChI is InChI=1S/C24H28N2/c1-23(2,3)20-14-8-9-15-21(20)26-24(4,22-16-10-11-17-25-22)18-19-12-6-5-7-13-19/h5-17,26H,18H2,1-4H3. The Morgan fingerprint density at radius 1 is 0.769 bits per heavy atom. The van der Waals surface area contributed by atoms with Gasteiger partial charge >= 0.3 is 0 Å². The first-order valence-corrected chi connectivity index (χ1v) is 9.22. The van der Waals surface area contributed by atoms with Crippen LogP contribution in [0.2, 0.25) is 0 Å². The highest BCUT2D eigenvalue weighted by Gasteiger charge is 2.30. The Morgan fingerprint density at radius 3 is 2.08 bits per heavy atom. The molecule has 0 saturated heterocycles. The molecule has 1 heterocycles. The summed E-state index contributed by atoms with van der Waals surface area (Å²) in [6.07, 6.45) is 2.74. The zero-order chi connectivity index (χ0) is 18.6. The molecule has 1 atom stereocenters. The lowest BCUT2D eigenvalue weighted by Crippen LogP contribution is -2.36. The molecule has 0 aliphatic rings. The highest BCUT2D eigenvalue weighted by molar-refractivity contribution is 5.56. The molecule has 3 rings (SSSR count). The molecule has 1 aromatic heterocycles. The summed E-state index contributed by atoms with van der Waals surface area (Å²) in [7, 11) is 0. The number of hydrogen-bond donors (Lipinski definition) is 1. The van der Waals surface area contributed by atoms with Crippen LogP contribution in [0.5, 0.6) is 0 Å². The molecule has 0 aliphatic carbocycles. The summed E-state index contributed by atoms with van der Waals surface area (Å²) in [6, 6.07) is 25.3. The SMILES string of the molecule is CC(C)(C)c1ccccc1NC(C)(Cc1ccccc1)c1ccccn1. The van der Waals surface area contributed by atoms with Gasteiger partial charge in [-0.05, 0) is 41.7 Å². The third-order valence-electron chi connectivity index (χ3n) is 4.78. The zero-order valence-corrected chi connectivity index (χ0v) is 16.2. The maximum atomic E-state index is 4.67.